The number of hydrogen-bond acceptors (Lipinski definition) is 7. The Morgan fingerprint density at radius 3 is 2.78 bits per heavy atom. The minimum atomic E-state index is -0.0434. The van der Waals surface area contributed by atoms with Gasteiger partial charge < -0.3 is 16.4 Å². The number of nitrogen functional groups attached to an aromatic ring is 1. The minimum Gasteiger partial charge on any atom is -0.382 e. The van der Waals surface area contributed by atoms with E-state index in [1.165, 1.54) is 22.9 Å². The van der Waals surface area contributed by atoms with E-state index in [0.717, 1.165) is 28.7 Å². The highest BCUT2D eigenvalue weighted by Crippen LogP contribution is 2.34. The van der Waals surface area contributed by atoms with Crippen molar-refractivity contribution in [3.63, 3.8) is 0 Å². The van der Waals surface area contributed by atoms with Crippen LogP contribution in [0.15, 0.2) is 58.8 Å². The first-order valence-corrected chi connectivity index (χ1v) is 9.79. The lowest BCUT2D eigenvalue weighted by molar-refractivity contribution is 0.682. The fourth-order valence-electron chi connectivity index (χ4n) is 3.17. The molecule has 0 aliphatic carbocycles. The van der Waals surface area contributed by atoms with Crippen LogP contribution in [-0.2, 0) is 6.42 Å². The summed E-state index contributed by atoms with van der Waals surface area (Å²) in [5, 5.41) is 1.18. The highest BCUT2D eigenvalue weighted by molar-refractivity contribution is 7.99. The van der Waals surface area contributed by atoms with Gasteiger partial charge in [-0.15, -0.1) is 0 Å². The number of nitrogens with zero attached hydrogens (tertiary/aromatic N) is 4. The molecule has 0 saturated heterocycles. The summed E-state index contributed by atoms with van der Waals surface area (Å²) < 4.78 is 0. The van der Waals surface area contributed by atoms with E-state index in [2.05, 4.69) is 38.1 Å². The number of hydrogen-bond donors (Lipinski definition) is 2. The van der Waals surface area contributed by atoms with Gasteiger partial charge >= 0.3 is 0 Å². The summed E-state index contributed by atoms with van der Waals surface area (Å²) in [6.07, 6.45) is 6.09. The lowest BCUT2D eigenvalue weighted by Crippen LogP contribution is -2.32. The number of aromatic nitrogens is 3. The molecule has 0 radical (unpaired) electrons. The Kier molecular flexibility index (Phi) is 5.15. The fraction of sp³-hybridized carbons (Fsp3) is 0.211. The van der Waals surface area contributed by atoms with Crippen LogP contribution in [0.2, 0.25) is 5.02 Å². The predicted octanol–water partition coefficient (Wildman–Crippen LogP) is 3.32. The van der Waals surface area contributed by atoms with Crippen LogP contribution < -0.4 is 16.4 Å². The SMILES string of the molecule is Nc1nccc(Sc2cnc(N3CCc4ccccc4[C@@H](N)C3)cn2)c1Cl. The van der Waals surface area contributed by atoms with Gasteiger partial charge in [0, 0.05) is 30.2 Å². The van der Waals surface area contributed by atoms with Crippen LogP contribution in [0.5, 0.6) is 0 Å². The smallest absolute Gasteiger partial charge is 0.147 e. The first-order chi connectivity index (χ1) is 13.1. The summed E-state index contributed by atoms with van der Waals surface area (Å²) in [5.41, 5.74) is 14.7. The maximum Gasteiger partial charge on any atom is 0.147 e. The summed E-state index contributed by atoms with van der Waals surface area (Å²) in [5.74, 6) is 1.13. The molecule has 0 bridgehead atoms. The number of nitrogens with two attached hydrogens (primary N) is 2. The number of pyridine rings is 1. The monoisotopic (exact) mass is 398 g/mol. The van der Waals surface area contributed by atoms with Gasteiger partial charge in [0.05, 0.1) is 17.4 Å². The molecule has 1 aliphatic rings. The fourth-order valence-corrected chi connectivity index (χ4v) is 4.16. The van der Waals surface area contributed by atoms with Gasteiger partial charge in [0.1, 0.15) is 16.7 Å². The zero-order chi connectivity index (χ0) is 18.8. The quantitative estimate of drug-likeness (QED) is 0.698. The summed E-state index contributed by atoms with van der Waals surface area (Å²) >= 11 is 7.61. The number of fused-ring (bicyclic) bond motifs is 1. The maximum absolute atomic E-state index is 6.41. The summed E-state index contributed by atoms with van der Waals surface area (Å²) in [6.45, 7) is 1.57. The molecule has 0 spiro atoms. The van der Waals surface area contributed by atoms with E-state index in [1.807, 2.05) is 12.1 Å². The third kappa shape index (κ3) is 3.85. The van der Waals surface area contributed by atoms with Crippen molar-refractivity contribution in [1.82, 2.24) is 15.0 Å². The van der Waals surface area contributed by atoms with Gasteiger partial charge in [-0.25, -0.2) is 15.0 Å². The van der Waals surface area contributed by atoms with Gasteiger partial charge in [-0.1, -0.05) is 47.6 Å². The van der Waals surface area contributed by atoms with Crippen molar-refractivity contribution in [3.05, 3.63) is 65.1 Å². The first kappa shape index (κ1) is 18.0. The van der Waals surface area contributed by atoms with E-state index in [-0.39, 0.29) is 6.04 Å². The Morgan fingerprint density at radius 2 is 1.96 bits per heavy atom. The molecule has 4 rings (SSSR count). The number of rotatable bonds is 3. The van der Waals surface area contributed by atoms with Crippen molar-refractivity contribution in [2.24, 2.45) is 5.73 Å². The average molecular weight is 399 g/mol. The van der Waals surface area contributed by atoms with Crippen molar-refractivity contribution in [2.45, 2.75) is 22.4 Å². The van der Waals surface area contributed by atoms with Gasteiger partial charge in [-0.05, 0) is 23.6 Å². The summed E-state index contributed by atoms with van der Waals surface area (Å²) in [4.78, 5) is 16.1. The van der Waals surface area contributed by atoms with E-state index < -0.39 is 0 Å². The molecule has 1 atom stereocenters. The van der Waals surface area contributed by atoms with Crippen molar-refractivity contribution < 1.29 is 0 Å². The van der Waals surface area contributed by atoms with Crippen molar-refractivity contribution >= 4 is 35.0 Å². The van der Waals surface area contributed by atoms with Crippen LogP contribution in [-0.4, -0.2) is 28.0 Å². The Hall–Kier alpha value is -2.35. The van der Waals surface area contributed by atoms with Gasteiger partial charge in [0.15, 0.2) is 0 Å². The zero-order valence-electron chi connectivity index (χ0n) is 14.5. The Bertz CT molecular complexity index is 949. The standard InChI is InChI=1S/C19H19ClN6S/c20-18-15(5-7-23-19(18)22)27-17-10-24-16(9-25-17)26-8-6-12-3-1-2-4-13(12)14(21)11-26/h1-5,7,9-10,14H,6,8,11,21H2,(H2,22,23)/t14-/m0/s1. The molecule has 1 aromatic carbocycles. The second-order valence-electron chi connectivity index (χ2n) is 6.32. The lowest BCUT2D eigenvalue weighted by atomic mass is 10.0. The number of anilines is 2. The summed E-state index contributed by atoms with van der Waals surface area (Å²) in [7, 11) is 0. The highest BCUT2D eigenvalue weighted by Gasteiger charge is 2.21. The molecule has 1 aliphatic heterocycles. The molecule has 6 nitrogen and oxygen atoms in total. The normalized spacial score (nSPS) is 16.7. The third-order valence-electron chi connectivity index (χ3n) is 4.56. The predicted molar refractivity (Wildman–Crippen MR) is 109 cm³/mol. The van der Waals surface area contributed by atoms with Gasteiger partial charge in [-0.3, -0.25) is 0 Å². The molecule has 4 N–H and O–H groups in total. The third-order valence-corrected chi connectivity index (χ3v) is 6.05. The van der Waals surface area contributed by atoms with Crippen LogP contribution in [0.1, 0.15) is 17.2 Å². The van der Waals surface area contributed by atoms with E-state index in [1.54, 1.807) is 18.6 Å². The molecule has 0 unspecified atom stereocenters. The molecule has 27 heavy (non-hydrogen) atoms. The summed E-state index contributed by atoms with van der Waals surface area (Å²) in [6, 6.07) is 10.1. The Morgan fingerprint density at radius 1 is 1.11 bits per heavy atom. The molecule has 0 amide bonds. The topological polar surface area (TPSA) is 94.0 Å². The molecular formula is C19H19ClN6S. The van der Waals surface area contributed by atoms with E-state index in [4.69, 9.17) is 23.1 Å². The Balaban J connectivity index is 1.50. The number of halogens is 1. The van der Waals surface area contributed by atoms with E-state index >= 15 is 0 Å². The molecule has 3 aromatic rings. The molecule has 138 valence electrons. The van der Waals surface area contributed by atoms with Crippen LogP contribution in [0.25, 0.3) is 0 Å². The molecule has 0 saturated carbocycles. The zero-order valence-corrected chi connectivity index (χ0v) is 16.1. The van der Waals surface area contributed by atoms with Crippen LogP contribution in [0, 0.1) is 0 Å². The molecule has 8 heteroatoms. The second-order valence-corrected chi connectivity index (χ2v) is 7.76. The Labute approximate surface area is 167 Å². The van der Waals surface area contributed by atoms with Crippen LogP contribution in [0.3, 0.4) is 0 Å². The molecule has 3 heterocycles. The largest absolute Gasteiger partial charge is 0.382 e. The second kappa shape index (κ2) is 7.72. The highest BCUT2D eigenvalue weighted by atomic mass is 35.5. The molecule has 0 fully saturated rings. The van der Waals surface area contributed by atoms with Crippen LogP contribution >= 0.6 is 23.4 Å². The van der Waals surface area contributed by atoms with E-state index in [0.29, 0.717) is 17.4 Å². The first-order valence-electron chi connectivity index (χ1n) is 8.60. The molecular weight excluding hydrogens is 380 g/mol. The maximum atomic E-state index is 6.41. The lowest BCUT2D eigenvalue weighted by Gasteiger charge is -2.23. The number of benzene rings is 1. The minimum absolute atomic E-state index is 0.0434. The van der Waals surface area contributed by atoms with E-state index in [9.17, 15) is 0 Å². The van der Waals surface area contributed by atoms with Gasteiger partial charge in [-0.2, -0.15) is 0 Å². The van der Waals surface area contributed by atoms with Crippen molar-refractivity contribution in [3.8, 4) is 0 Å². The van der Waals surface area contributed by atoms with Crippen LogP contribution in [0.4, 0.5) is 11.6 Å². The molecule has 2 aromatic heterocycles. The van der Waals surface area contributed by atoms with Gasteiger partial charge in [0.25, 0.3) is 0 Å². The van der Waals surface area contributed by atoms with Crippen molar-refractivity contribution in [1.29, 1.82) is 0 Å². The van der Waals surface area contributed by atoms with Crippen molar-refractivity contribution in [2.75, 3.05) is 23.7 Å². The van der Waals surface area contributed by atoms with Gasteiger partial charge in [0.2, 0.25) is 0 Å². The average Bonchev–Trinajstić information content (AvgIpc) is 2.86.